The molecule has 2 N–H and O–H groups in total. The number of fused-ring (bicyclic) bond motifs is 3. The number of likely N-dealkylation sites (tertiary alicyclic amines) is 1. The minimum atomic E-state index is -3.84. The summed E-state index contributed by atoms with van der Waals surface area (Å²) >= 11 is 0. The number of amidine groups is 1. The normalized spacial score (nSPS) is 20.6. The monoisotopic (exact) mass is 588 g/mol. The SMILES string of the molecule is N#CCC1CCC(n2c(CO/N=C(/N)CN3CCCCC3)nc3cnc4c(ccn4S(=O)(=O)c4ccccc4)c32)CC1. The number of imidazole rings is 1. The molecule has 2 fully saturated rings. The van der Waals surface area contributed by atoms with Crippen LogP contribution < -0.4 is 5.73 Å². The van der Waals surface area contributed by atoms with Crippen LogP contribution in [0.25, 0.3) is 22.1 Å². The molecule has 2 aliphatic rings. The number of hydrogen-bond donors (Lipinski definition) is 1. The Morgan fingerprint density at radius 2 is 1.86 bits per heavy atom. The molecule has 1 saturated heterocycles. The number of oxime groups is 1. The number of benzene rings is 1. The highest BCUT2D eigenvalue weighted by molar-refractivity contribution is 7.90. The molecule has 0 unspecified atom stereocenters. The summed E-state index contributed by atoms with van der Waals surface area (Å²) in [4.78, 5) is 17.7. The molecule has 220 valence electrons. The van der Waals surface area contributed by atoms with Crippen molar-refractivity contribution in [1.82, 2.24) is 23.4 Å². The van der Waals surface area contributed by atoms with E-state index in [1.165, 1.54) is 23.2 Å². The highest BCUT2D eigenvalue weighted by Crippen LogP contribution is 2.38. The van der Waals surface area contributed by atoms with Gasteiger partial charge in [-0.3, -0.25) is 4.90 Å². The molecule has 3 aromatic heterocycles. The highest BCUT2D eigenvalue weighted by Gasteiger charge is 2.28. The smallest absolute Gasteiger partial charge is 0.269 e. The van der Waals surface area contributed by atoms with E-state index in [1.54, 1.807) is 48.8 Å². The lowest BCUT2D eigenvalue weighted by Crippen LogP contribution is -2.37. The minimum absolute atomic E-state index is 0.123. The number of rotatable bonds is 9. The summed E-state index contributed by atoms with van der Waals surface area (Å²) in [6.45, 7) is 2.73. The van der Waals surface area contributed by atoms with Crippen LogP contribution in [0.4, 0.5) is 0 Å². The van der Waals surface area contributed by atoms with Crippen molar-refractivity contribution in [3.05, 3.63) is 54.6 Å². The average Bonchev–Trinajstić information content (AvgIpc) is 3.61. The third-order valence-corrected chi connectivity index (χ3v) is 10.2. The number of hydrogen-bond acceptors (Lipinski definition) is 8. The van der Waals surface area contributed by atoms with Crippen LogP contribution in [0.1, 0.15) is 63.2 Å². The Kier molecular flexibility index (Phi) is 8.13. The number of nitrogens with zero attached hydrogens (tertiary/aromatic N) is 7. The van der Waals surface area contributed by atoms with E-state index in [2.05, 4.69) is 25.7 Å². The van der Waals surface area contributed by atoms with Gasteiger partial charge in [-0.1, -0.05) is 29.8 Å². The molecule has 0 atom stereocenters. The Balaban J connectivity index is 1.35. The Bertz CT molecular complexity index is 1720. The van der Waals surface area contributed by atoms with Crippen LogP contribution in [0.5, 0.6) is 0 Å². The van der Waals surface area contributed by atoms with Crippen LogP contribution in [-0.2, 0) is 21.5 Å². The number of piperidine rings is 1. The molecule has 0 amide bonds. The molecule has 1 aliphatic heterocycles. The van der Waals surface area contributed by atoms with Gasteiger partial charge in [0.15, 0.2) is 23.9 Å². The van der Waals surface area contributed by atoms with Gasteiger partial charge >= 0.3 is 0 Å². The van der Waals surface area contributed by atoms with Gasteiger partial charge in [-0.25, -0.2) is 22.4 Å². The van der Waals surface area contributed by atoms with Gasteiger partial charge < -0.3 is 15.1 Å². The fraction of sp³-hybridized carbons (Fsp3) is 0.467. The van der Waals surface area contributed by atoms with Gasteiger partial charge in [0.2, 0.25) is 0 Å². The summed E-state index contributed by atoms with van der Waals surface area (Å²) in [6, 6.07) is 12.6. The molecule has 4 aromatic rings. The Morgan fingerprint density at radius 3 is 2.60 bits per heavy atom. The average molecular weight is 589 g/mol. The summed E-state index contributed by atoms with van der Waals surface area (Å²) in [5.74, 6) is 1.51. The molecule has 1 aliphatic carbocycles. The third-order valence-electron chi connectivity index (χ3n) is 8.47. The Hall–Kier alpha value is -3.95. The molecule has 1 saturated carbocycles. The topological polar surface area (TPSA) is 144 Å². The maximum atomic E-state index is 13.5. The van der Waals surface area contributed by atoms with Gasteiger partial charge in [0, 0.05) is 24.0 Å². The van der Waals surface area contributed by atoms with Crippen molar-refractivity contribution < 1.29 is 13.3 Å². The van der Waals surface area contributed by atoms with Crippen molar-refractivity contribution >= 4 is 37.9 Å². The fourth-order valence-corrected chi connectivity index (χ4v) is 7.70. The van der Waals surface area contributed by atoms with E-state index in [4.69, 9.17) is 15.6 Å². The van der Waals surface area contributed by atoms with Crippen molar-refractivity contribution in [3.63, 3.8) is 0 Å². The summed E-state index contributed by atoms with van der Waals surface area (Å²) < 4.78 is 30.4. The maximum Gasteiger partial charge on any atom is 0.269 e. The number of nitriles is 1. The van der Waals surface area contributed by atoms with E-state index >= 15 is 0 Å². The van der Waals surface area contributed by atoms with Gasteiger partial charge in [-0.05, 0) is 75.7 Å². The van der Waals surface area contributed by atoms with E-state index in [0.29, 0.717) is 47.1 Å². The molecule has 0 spiro atoms. The van der Waals surface area contributed by atoms with Gasteiger partial charge in [0.25, 0.3) is 10.0 Å². The zero-order chi connectivity index (χ0) is 29.1. The van der Waals surface area contributed by atoms with Gasteiger partial charge in [0.1, 0.15) is 5.52 Å². The van der Waals surface area contributed by atoms with Crippen molar-refractivity contribution in [2.24, 2.45) is 16.8 Å². The molecular formula is C30H36N8O3S. The summed E-state index contributed by atoms with van der Waals surface area (Å²) in [5, 5.41) is 14.1. The summed E-state index contributed by atoms with van der Waals surface area (Å²) in [5.41, 5.74) is 8.04. The van der Waals surface area contributed by atoms with Gasteiger partial charge in [-0.15, -0.1) is 0 Å². The van der Waals surface area contributed by atoms with E-state index in [9.17, 15) is 13.7 Å². The first kappa shape index (κ1) is 28.2. The lowest BCUT2D eigenvalue weighted by molar-refractivity contribution is 0.117. The Morgan fingerprint density at radius 1 is 1.10 bits per heavy atom. The zero-order valence-corrected chi connectivity index (χ0v) is 24.4. The zero-order valence-electron chi connectivity index (χ0n) is 23.6. The van der Waals surface area contributed by atoms with Crippen LogP contribution >= 0.6 is 0 Å². The van der Waals surface area contributed by atoms with E-state index in [0.717, 1.165) is 44.3 Å². The lowest BCUT2D eigenvalue weighted by Gasteiger charge is -2.29. The molecule has 1 aromatic carbocycles. The van der Waals surface area contributed by atoms with Crippen molar-refractivity contribution in [1.29, 1.82) is 5.26 Å². The van der Waals surface area contributed by atoms with Crippen molar-refractivity contribution in [3.8, 4) is 6.07 Å². The number of pyridine rings is 1. The highest BCUT2D eigenvalue weighted by atomic mass is 32.2. The van der Waals surface area contributed by atoms with Crippen LogP contribution in [0.15, 0.2) is 58.8 Å². The molecule has 0 bridgehead atoms. The van der Waals surface area contributed by atoms with Crippen molar-refractivity contribution in [2.45, 2.75) is 68.9 Å². The molecule has 12 heteroatoms. The molecule has 4 heterocycles. The number of aromatic nitrogens is 4. The summed E-state index contributed by atoms with van der Waals surface area (Å²) in [6.07, 6.45) is 11.0. The van der Waals surface area contributed by atoms with Crippen LogP contribution in [-0.4, -0.2) is 57.3 Å². The second-order valence-electron chi connectivity index (χ2n) is 11.3. The van der Waals surface area contributed by atoms with Crippen LogP contribution in [0.3, 0.4) is 0 Å². The molecule has 42 heavy (non-hydrogen) atoms. The summed E-state index contributed by atoms with van der Waals surface area (Å²) in [7, 11) is -3.84. The van der Waals surface area contributed by atoms with E-state index in [-0.39, 0.29) is 17.5 Å². The first-order valence-electron chi connectivity index (χ1n) is 14.7. The Labute approximate surface area is 245 Å². The quantitative estimate of drug-likeness (QED) is 0.170. The maximum absolute atomic E-state index is 13.5. The third kappa shape index (κ3) is 5.58. The van der Waals surface area contributed by atoms with E-state index in [1.807, 2.05) is 0 Å². The van der Waals surface area contributed by atoms with Crippen LogP contribution in [0, 0.1) is 17.2 Å². The standard InChI is InChI=1S/C30H36N8O3S/c31-15-13-22-9-11-23(12-10-22)38-28(21-41-35-27(32)20-36-16-5-2-6-17-36)34-26-19-33-30-25(29(26)38)14-18-37(30)42(39,40)24-7-3-1-4-8-24/h1,3-4,7-8,14,18-19,22-23H,2,5-6,9-13,16-17,20-21H2,(H2,32,35). The molecule has 11 nitrogen and oxygen atoms in total. The second-order valence-corrected chi connectivity index (χ2v) is 13.1. The van der Waals surface area contributed by atoms with Gasteiger partial charge in [-0.2, -0.15) is 5.26 Å². The number of nitrogens with two attached hydrogens (primary N) is 1. The predicted molar refractivity (Wildman–Crippen MR) is 160 cm³/mol. The first-order valence-corrected chi connectivity index (χ1v) is 16.1. The molecule has 6 rings (SSSR count). The predicted octanol–water partition coefficient (Wildman–Crippen LogP) is 4.54. The van der Waals surface area contributed by atoms with Crippen molar-refractivity contribution in [2.75, 3.05) is 19.6 Å². The first-order chi connectivity index (χ1) is 20.5. The van der Waals surface area contributed by atoms with E-state index < -0.39 is 10.0 Å². The van der Waals surface area contributed by atoms with Gasteiger partial charge in [0.05, 0.1) is 29.2 Å². The minimum Gasteiger partial charge on any atom is -0.386 e. The molecular weight excluding hydrogens is 552 g/mol. The largest absolute Gasteiger partial charge is 0.386 e. The van der Waals surface area contributed by atoms with Crippen LogP contribution in [0.2, 0.25) is 0 Å². The fourth-order valence-electron chi connectivity index (χ4n) is 6.38. The second kappa shape index (κ2) is 12.1. The molecule has 0 radical (unpaired) electrons. The lowest BCUT2D eigenvalue weighted by atomic mass is 9.84.